The van der Waals surface area contributed by atoms with E-state index < -0.39 is 0 Å². The minimum absolute atomic E-state index is 0.290. The molecule has 0 atom stereocenters. The molecule has 0 bridgehead atoms. The van der Waals surface area contributed by atoms with Gasteiger partial charge < -0.3 is 4.74 Å². The summed E-state index contributed by atoms with van der Waals surface area (Å²) >= 11 is 0. The SMILES string of the molecule is CC(C)(C)N1CCC2(CC1)COc1ccccc12. The molecule has 1 fully saturated rings. The van der Waals surface area contributed by atoms with Crippen molar-refractivity contribution >= 4 is 0 Å². The van der Waals surface area contributed by atoms with Gasteiger partial charge in [-0.3, -0.25) is 4.90 Å². The Morgan fingerprint density at radius 3 is 2.44 bits per heavy atom. The van der Waals surface area contributed by atoms with E-state index in [1.165, 1.54) is 31.5 Å². The van der Waals surface area contributed by atoms with Gasteiger partial charge in [0.2, 0.25) is 0 Å². The number of ether oxygens (including phenoxy) is 1. The van der Waals surface area contributed by atoms with E-state index in [1.54, 1.807) is 0 Å². The topological polar surface area (TPSA) is 12.5 Å². The van der Waals surface area contributed by atoms with Gasteiger partial charge in [0.05, 0.1) is 6.61 Å². The summed E-state index contributed by atoms with van der Waals surface area (Å²) < 4.78 is 5.89. The molecule has 2 nitrogen and oxygen atoms in total. The molecule has 0 amide bonds. The fourth-order valence-corrected chi connectivity index (χ4v) is 3.34. The van der Waals surface area contributed by atoms with Gasteiger partial charge in [0, 0.05) is 16.5 Å². The number of rotatable bonds is 0. The van der Waals surface area contributed by atoms with E-state index in [-0.39, 0.29) is 0 Å². The van der Waals surface area contributed by atoms with Crippen LogP contribution in [0.15, 0.2) is 24.3 Å². The average Bonchev–Trinajstić information content (AvgIpc) is 2.69. The Kier molecular flexibility index (Phi) is 2.67. The van der Waals surface area contributed by atoms with Crippen LogP contribution in [0.1, 0.15) is 39.2 Å². The number of piperidine rings is 1. The molecule has 1 aromatic rings. The van der Waals surface area contributed by atoms with Crippen LogP contribution in [0.3, 0.4) is 0 Å². The van der Waals surface area contributed by atoms with Crippen LogP contribution in [-0.4, -0.2) is 30.1 Å². The van der Waals surface area contributed by atoms with E-state index in [0.29, 0.717) is 11.0 Å². The van der Waals surface area contributed by atoms with Crippen molar-refractivity contribution in [3.8, 4) is 5.75 Å². The highest BCUT2D eigenvalue weighted by atomic mass is 16.5. The predicted molar refractivity (Wildman–Crippen MR) is 74.2 cm³/mol. The number of likely N-dealkylation sites (tertiary alicyclic amines) is 1. The van der Waals surface area contributed by atoms with Crippen LogP contribution >= 0.6 is 0 Å². The van der Waals surface area contributed by atoms with Crippen LogP contribution < -0.4 is 4.74 Å². The molecule has 98 valence electrons. The van der Waals surface area contributed by atoms with Crippen molar-refractivity contribution in [2.45, 2.75) is 44.6 Å². The average molecular weight is 245 g/mol. The maximum absolute atomic E-state index is 5.89. The fraction of sp³-hybridized carbons (Fsp3) is 0.625. The number of benzene rings is 1. The molecule has 1 spiro atoms. The van der Waals surface area contributed by atoms with Crippen LogP contribution in [0.4, 0.5) is 0 Å². The van der Waals surface area contributed by atoms with Crippen LogP contribution in [0.5, 0.6) is 5.75 Å². The second-order valence-corrected chi connectivity index (χ2v) is 6.72. The molecule has 2 aliphatic rings. The number of fused-ring (bicyclic) bond motifs is 2. The van der Waals surface area contributed by atoms with Crippen molar-refractivity contribution in [2.75, 3.05) is 19.7 Å². The van der Waals surface area contributed by atoms with E-state index in [9.17, 15) is 0 Å². The van der Waals surface area contributed by atoms with E-state index in [1.807, 2.05) is 0 Å². The third kappa shape index (κ3) is 1.83. The van der Waals surface area contributed by atoms with Gasteiger partial charge in [-0.05, 0) is 52.8 Å². The van der Waals surface area contributed by atoms with E-state index >= 15 is 0 Å². The normalized spacial score (nSPS) is 22.8. The molecular weight excluding hydrogens is 222 g/mol. The number of nitrogens with zero attached hydrogens (tertiary/aromatic N) is 1. The van der Waals surface area contributed by atoms with Gasteiger partial charge >= 0.3 is 0 Å². The highest BCUT2D eigenvalue weighted by Gasteiger charge is 2.44. The van der Waals surface area contributed by atoms with Crippen molar-refractivity contribution in [3.63, 3.8) is 0 Å². The lowest BCUT2D eigenvalue weighted by atomic mass is 9.74. The molecule has 3 rings (SSSR count). The second-order valence-electron chi connectivity index (χ2n) is 6.72. The van der Waals surface area contributed by atoms with Crippen molar-refractivity contribution in [1.29, 1.82) is 0 Å². The van der Waals surface area contributed by atoms with E-state index in [0.717, 1.165) is 12.4 Å². The molecule has 0 aliphatic carbocycles. The lowest BCUT2D eigenvalue weighted by Crippen LogP contribution is -2.50. The molecular formula is C16H23NO. The highest BCUT2D eigenvalue weighted by molar-refractivity contribution is 5.44. The largest absolute Gasteiger partial charge is 0.492 e. The highest BCUT2D eigenvalue weighted by Crippen LogP contribution is 2.45. The summed E-state index contributed by atoms with van der Waals surface area (Å²) in [5.74, 6) is 1.11. The zero-order valence-electron chi connectivity index (χ0n) is 11.7. The predicted octanol–water partition coefficient (Wildman–Crippen LogP) is 3.21. The third-order valence-electron chi connectivity index (χ3n) is 4.63. The van der Waals surface area contributed by atoms with Crippen LogP contribution in [0, 0.1) is 0 Å². The van der Waals surface area contributed by atoms with E-state index in [2.05, 4.69) is 49.9 Å². The molecule has 2 aliphatic heterocycles. The van der Waals surface area contributed by atoms with Crippen molar-refractivity contribution in [1.82, 2.24) is 4.90 Å². The Balaban J connectivity index is 1.81. The summed E-state index contributed by atoms with van der Waals surface area (Å²) in [6.07, 6.45) is 2.45. The number of hydrogen-bond donors (Lipinski definition) is 0. The summed E-state index contributed by atoms with van der Waals surface area (Å²) in [5, 5.41) is 0. The zero-order chi connectivity index (χ0) is 12.8. The summed E-state index contributed by atoms with van der Waals surface area (Å²) in [5.41, 5.74) is 2.03. The van der Waals surface area contributed by atoms with Gasteiger partial charge in [0.25, 0.3) is 0 Å². The van der Waals surface area contributed by atoms with Gasteiger partial charge in [-0.15, -0.1) is 0 Å². The molecule has 1 saturated heterocycles. The molecule has 0 radical (unpaired) electrons. The first kappa shape index (κ1) is 12.0. The first-order valence-electron chi connectivity index (χ1n) is 6.99. The number of hydrogen-bond acceptors (Lipinski definition) is 2. The summed E-state index contributed by atoms with van der Waals surface area (Å²) in [6.45, 7) is 10.2. The van der Waals surface area contributed by atoms with Gasteiger partial charge in [-0.1, -0.05) is 18.2 Å². The minimum Gasteiger partial charge on any atom is -0.492 e. The molecule has 0 aromatic heterocycles. The zero-order valence-corrected chi connectivity index (χ0v) is 11.7. The monoisotopic (exact) mass is 245 g/mol. The van der Waals surface area contributed by atoms with E-state index in [4.69, 9.17) is 4.74 Å². The Labute approximate surface area is 110 Å². The smallest absolute Gasteiger partial charge is 0.123 e. The lowest BCUT2D eigenvalue weighted by Gasteiger charge is -2.44. The molecule has 18 heavy (non-hydrogen) atoms. The Bertz CT molecular complexity index is 439. The summed E-state index contributed by atoms with van der Waals surface area (Å²) in [7, 11) is 0. The van der Waals surface area contributed by atoms with Crippen LogP contribution in [0.25, 0.3) is 0 Å². The third-order valence-corrected chi connectivity index (χ3v) is 4.63. The van der Waals surface area contributed by atoms with Gasteiger partial charge in [0.15, 0.2) is 0 Å². The molecule has 0 N–H and O–H groups in total. The van der Waals surface area contributed by atoms with Crippen molar-refractivity contribution in [2.24, 2.45) is 0 Å². The quantitative estimate of drug-likeness (QED) is 0.696. The Morgan fingerprint density at radius 1 is 1.11 bits per heavy atom. The maximum Gasteiger partial charge on any atom is 0.123 e. The van der Waals surface area contributed by atoms with Crippen LogP contribution in [-0.2, 0) is 5.41 Å². The Hall–Kier alpha value is -1.02. The Morgan fingerprint density at radius 2 is 1.78 bits per heavy atom. The van der Waals surface area contributed by atoms with Gasteiger partial charge in [-0.25, -0.2) is 0 Å². The van der Waals surface area contributed by atoms with Crippen LogP contribution in [0.2, 0.25) is 0 Å². The van der Waals surface area contributed by atoms with Crippen molar-refractivity contribution < 1.29 is 4.74 Å². The summed E-state index contributed by atoms with van der Waals surface area (Å²) in [6, 6.07) is 8.59. The first-order chi connectivity index (χ1) is 8.51. The fourth-order valence-electron chi connectivity index (χ4n) is 3.34. The lowest BCUT2D eigenvalue weighted by molar-refractivity contribution is 0.0659. The standard InChI is InChI=1S/C16H23NO/c1-15(2,3)17-10-8-16(9-11-17)12-18-14-7-5-4-6-13(14)16/h4-7H,8-12H2,1-3H3. The molecule has 2 heterocycles. The van der Waals surface area contributed by atoms with Crippen molar-refractivity contribution in [3.05, 3.63) is 29.8 Å². The number of para-hydroxylation sites is 1. The molecule has 1 aromatic carbocycles. The molecule has 0 unspecified atom stereocenters. The maximum atomic E-state index is 5.89. The molecule has 0 saturated carbocycles. The van der Waals surface area contributed by atoms with Gasteiger partial charge in [0.1, 0.15) is 5.75 Å². The second kappa shape index (κ2) is 3.99. The summed E-state index contributed by atoms with van der Waals surface area (Å²) in [4.78, 5) is 2.60. The molecule has 2 heteroatoms. The van der Waals surface area contributed by atoms with Gasteiger partial charge in [-0.2, -0.15) is 0 Å². The minimum atomic E-state index is 0.290. The first-order valence-corrected chi connectivity index (χ1v) is 6.99.